The van der Waals surface area contributed by atoms with Crippen molar-refractivity contribution in [2.75, 3.05) is 6.61 Å². The van der Waals surface area contributed by atoms with Crippen LogP contribution in [0.2, 0.25) is 0 Å². The minimum atomic E-state index is -0.212. The SMILES string of the molecule is O=COCC1CCCC(c2cccc(F)c2)N1. The van der Waals surface area contributed by atoms with E-state index >= 15 is 0 Å². The molecule has 4 heteroatoms. The highest BCUT2D eigenvalue weighted by Gasteiger charge is 2.22. The van der Waals surface area contributed by atoms with E-state index in [1.54, 1.807) is 12.1 Å². The molecule has 0 spiro atoms. The maximum absolute atomic E-state index is 13.1. The van der Waals surface area contributed by atoms with E-state index in [-0.39, 0.29) is 17.9 Å². The van der Waals surface area contributed by atoms with Gasteiger partial charge in [0.15, 0.2) is 0 Å². The van der Waals surface area contributed by atoms with E-state index in [1.165, 1.54) is 6.07 Å². The third-order valence-electron chi connectivity index (χ3n) is 3.10. The lowest BCUT2D eigenvalue weighted by Crippen LogP contribution is -2.39. The maximum Gasteiger partial charge on any atom is 0.293 e. The minimum absolute atomic E-state index is 0.153. The Hall–Kier alpha value is -1.42. The van der Waals surface area contributed by atoms with E-state index < -0.39 is 0 Å². The maximum atomic E-state index is 13.1. The molecule has 1 heterocycles. The molecule has 0 bridgehead atoms. The van der Waals surface area contributed by atoms with Crippen molar-refractivity contribution >= 4 is 6.47 Å². The molecule has 0 aromatic heterocycles. The molecule has 2 atom stereocenters. The average Bonchev–Trinajstić information content (AvgIpc) is 2.37. The van der Waals surface area contributed by atoms with Crippen LogP contribution in [0.5, 0.6) is 0 Å². The average molecular weight is 237 g/mol. The summed E-state index contributed by atoms with van der Waals surface area (Å²) in [7, 11) is 0. The predicted octanol–water partition coefficient (Wildman–Crippen LogP) is 2.18. The topological polar surface area (TPSA) is 38.3 Å². The van der Waals surface area contributed by atoms with Gasteiger partial charge < -0.3 is 10.1 Å². The first-order valence-corrected chi connectivity index (χ1v) is 5.86. The Morgan fingerprint density at radius 2 is 2.35 bits per heavy atom. The number of carbonyl (C=O) groups is 1. The van der Waals surface area contributed by atoms with Crippen molar-refractivity contribution in [1.29, 1.82) is 0 Å². The summed E-state index contributed by atoms with van der Waals surface area (Å²) in [6.07, 6.45) is 3.03. The number of hydrogen-bond acceptors (Lipinski definition) is 3. The summed E-state index contributed by atoms with van der Waals surface area (Å²) >= 11 is 0. The lowest BCUT2D eigenvalue weighted by atomic mass is 9.94. The van der Waals surface area contributed by atoms with Gasteiger partial charge in [0, 0.05) is 12.1 Å². The highest BCUT2D eigenvalue weighted by atomic mass is 19.1. The van der Waals surface area contributed by atoms with E-state index in [9.17, 15) is 9.18 Å². The number of nitrogens with one attached hydrogen (secondary N) is 1. The third kappa shape index (κ3) is 3.27. The molecular formula is C13H16FNO2. The Morgan fingerprint density at radius 1 is 1.47 bits per heavy atom. The fourth-order valence-corrected chi connectivity index (χ4v) is 2.29. The summed E-state index contributed by atoms with van der Waals surface area (Å²) in [6.45, 7) is 0.850. The predicted molar refractivity (Wildman–Crippen MR) is 61.9 cm³/mol. The number of halogens is 1. The van der Waals surface area contributed by atoms with E-state index in [4.69, 9.17) is 4.74 Å². The Balaban J connectivity index is 1.99. The van der Waals surface area contributed by atoms with Crippen LogP contribution in [0.1, 0.15) is 30.9 Å². The smallest absolute Gasteiger partial charge is 0.293 e. The second-order valence-corrected chi connectivity index (χ2v) is 4.33. The molecule has 0 aliphatic carbocycles. The number of piperidine rings is 1. The van der Waals surface area contributed by atoms with Crippen LogP contribution in [0.25, 0.3) is 0 Å². The van der Waals surface area contributed by atoms with Gasteiger partial charge in [0.1, 0.15) is 12.4 Å². The van der Waals surface area contributed by atoms with Crippen LogP contribution in [-0.4, -0.2) is 19.1 Å². The van der Waals surface area contributed by atoms with Gasteiger partial charge in [-0.1, -0.05) is 12.1 Å². The lowest BCUT2D eigenvalue weighted by molar-refractivity contribution is -0.129. The molecule has 0 amide bonds. The quantitative estimate of drug-likeness (QED) is 0.816. The second-order valence-electron chi connectivity index (χ2n) is 4.33. The van der Waals surface area contributed by atoms with E-state index in [0.29, 0.717) is 13.1 Å². The van der Waals surface area contributed by atoms with Crippen molar-refractivity contribution in [3.05, 3.63) is 35.6 Å². The molecule has 2 unspecified atom stereocenters. The van der Waals surface area contributed by atoms with Gasteiger partial charge in [-0.25, -0.2) is 4.39 Å². The van der Waals surface area contributed by atoms with Crippen LogP contribution in [0, 0.1) is 5.82 Å². The van der Waals surface area contributed by atoms with Crippen LogP contribution in [0.3, 0.4) is 0 Å². The Kier molecular flexibility index (Phi) is 4.09. The zero-order valence-electron chi connectivity index (χ0n) is 9.56. The molecular weight excluding hydrogens is 221 g/mol. The number of hydrogen-bond donors (Lipinski definition) is 1. The molecule has 1 aromatic rings. The fourth-order valence-electron chi connectivity index (χ4n) is 2.29. The van der Waals surface area contributed by atoms with Gasteiger partial charge >= 0.3 is 0 Å². The molecule has 1 N–H and O–H groups in total. The molecule has 1 fully saturated rings. The van der Waals surface area contributed by atoms with Crippen molar-refractivity contribution in [2.45, 2.75) is 31.3 Å². The second kappa shape index (κ2) is 5.77. The number of rotatable bonds is 4. The molecule has 1 aliphatic heterocycles. The van der Waals surface area contributed by atoms with Crippen LogP contribution in [0.4, 0.5) is 4.39 Å². The molecule has 0 radical (unpaired) electrons. The van der Waals surface area contributed by atoms with Gasteiger partial charge in [0.05, 0.1) is 0 Å². The zero-order chi connectivity index (χ0) is 12.1. The Bertz CT molecular complexity index is 383. The summed E-state index contributed by atoms with van der Waals surface area (Å²) in [5.41, 5.74) is 0.959. The zero-order valence-corrected chi connectivity index (χ0v) is 9.56. The monoisotopic (exact) mass is 237 g/mol. The minimum Gasteiger partial charge on any atom is -0.466 e. The Labute approximate surface area is 100.0 Å². The van der Waals surface area contributed by atoms with Crippen molar-refractivity contribution in [1.82, 2.24) is 5.32 Å². The normalized spacial score (nSPS) is 24.3. The standard InChI is InChI=1S/C13H16FNO2/c14-11-4-1-3-10(7-11)13-6-2-5-12(15-13)8-17-9-16/h1,3-4,7,9,12-13,15H,2,5-6,8H2. The molecule has 1 aliphatic rings. The van der Waals surface area contributed by atoms with E-state index in [2.05, 4.69) is 5.32 Å². The molecule has 0 saturated carbocycles. The molecule has 1 saturated heterocycles. The van der Waals surface area contributed by atoms with E-state index in [0.717, 1.165) is 24.8 Å². The third-order valence-corrected chi connectivity index (χ3v) is 3.10. The van der Waals surface area contributed by atoms with Gasteiger partial charge in [0.25, 0.3) is 6.47 Å². The largest absolute Gasteiger partial charge is 0.466 e. The number of carbonyl (C=O) groups excluding carboxylic acids is 1. The van der Waals surface area contributed by atoms with Crippen LogP contribution >= 0.6 is 0 Å². The highest BCUT2D eigenvalue weighted by Crippen LogP contribution is 2.25. The molecule has 2 rings (SSSR count). The summed E-state index contributed by atoms with van der Waals surface area (Å²) in [6, 6.07) is 6.96. The molecule has 1 aromatic carbocycles. The van der Waals surface area contributed by atoms with Crippen LogP contribution < -0.4 is 5.32 Å². The van der Waals surface area contributed by atoms with Gasteiger partial charge in [-0.15, -0.1) is 0 Å². The van der Waals surface area contributed by atoms with Crippen molar-refractivity contribution in [3.8, 4) is 0 Å². The van der Waals surface area contributed by atoms with Gasteiger partial charge in [-0.2, -0.15) is 0 Å². The van der Waals surface area contributed by atoms with Gasteiger partial charge in [-0.05, 0) is 37.0 Å². The lowest BCUT2D eigenvalue weighted by Gasteiger charge is -2.30. The first-order chi connectivity index (χ1) is 8.29. The molecule has 17 heavy (non-hydrogen) atoms. The Morgan fingerprint density at radius 3 is 3.12 bits per heavy atom. The first kappa shape index (κ1) is 12.0. The summed E-state index contributed by atoms with van der Waals surface area (Å²) in [5, 5.41) is 3.38. The van der Waals surface area contributed by atoms with Gasteiger partial charge in [-0.3, -0.25) is 4.79 Å². The van der Waals surface area contributed by atoms with Crippen molar-refractivity contribution < 1.29 is 13.9 Å². The number of ether oxygens (including phenoxy) is 1. The first-order valence-electron chi connectivity index (χ1n) is 5.86. The van der Waals surface area contributed by atoms with Crippen molar-refractivity contribution in [3.63, 3.8) is 0 Å². The summed E-state index contributed by atoms with van der Waals surface area (Å²) < 4.78 is 17.9. The molecule has 92 valence electrons. The summed E-state index contributed by atoms with van der Waals surface area (Å²) in [5.74, 6) is -0.212. The van der Waals surface area contributed by atoms with Gasteiger partial charge in [0.2, 0.25) is 0 Å². The van der Waals surface area contributed by atoms with Crippen LogP contribution in [0.15, 0.2) is 24.3 Å². The fraction of sp³-hybridized carbons (Fsp3) is 0.462. The number of benzene rings is 1. The van der Waals surface area contributed by atoms with Crippen molar-refractivity contribution in [2.24, 2.45) is 0 Å². The van der Waals surface area contributed by atoms with E-state index in [1.807, 2.05) is 6.07 Å². The summed E-state index contributed by atoms with van der Waals surface area (Å²) in [4.78, 5) is 10.1. The highest BCUT2D eigenvalue weighted by molar-refractivity contribution is 5.37. The molecule has 3 nitrogen and oxygen atoms in total. The van der Waals surface area contributed by atoms with Crippen LogP contribution in [-0.2, 0) is 9.53 Å².